The lowest BCUT2D eigenvalue weighted by molar-refractivity contribution is -0.141. The van der Waals surface area contributed by atoms with Crippen LogP contribution in [0.15, 0.2) is 60.0 Å². The lowest BCUT2D eigenvalue weighted by Crippen LogP contribution is -2.48. The van der Waals surface area contributed by atoms with Crippen molar-refractivity contribution in [1.82, 2.24) is 15.5 Å². The van der Waals surface area contributed by atoms with Crippen molar-refractivity contribution in [1.29, 1.82) is 0 Å². The van der Waals surface area contributed by atoms with E-state index >= 15 is 0 Å². The number of rotatable bonds is 12. The summed E-state index contributed by atoms with van der Waals surface area (Å²) >= 11 is 1.26. The molecular weight excluding hydrogens is 537 g/mol. The van der Waals surface area contributed by atoms with Crippen LogP contribution in [-0.2, 0) is 20.9 Å². The first-order chi connectivity index (χ1) is 19.4. The molecule has 40 heavy (non-hydrogen) atoms. The lowest BCUT2D eigenvalue weighted by Gasteiger charge is -2.32. The molecule has 9 nitrogen and oxygen atoms in total. The third-order valence-electron chi connectivity index (χ3n) is 6.54. The molecule has 0 radical (unpaired) electrons. The molecule has 1 aliphatic rings. The van der Waals surface area contributed by atoms with Crippen molar-refractivity contribution < 1.29 is 33.0 Å². The minimum atomic E-state index is -1.10. The molecule has 212 valence electrons. The highest BCUT2D eigenvalue weighted by molar-refractivity contribution is 7.12. The van der Waals surface area contributed by atoms with Crippen LogP contribution in [0.2, 0.25) is 0 Å². The van der Waals surface area contributed by atoms with Gasteiger partial charge in [0.05, 0.1) is 31.7 Å². The third kappa shape index (κ3) is 7.36. The van der Waals surface area contributed by atoms with Gasteiger partial charge in [-0.05, 0) is 59.7 Å². The van der Waals surface area contributed by atoms with Gasteiger partial charge >= 0.3 is 0 Å². The summed E-state index contributed by atoms with van der Waals surface area (Å²) in [5.41, 5.74) is 1.08. The normalized spacial score (nSPS) is 15.2. The van der Waals surface area contributed by atoms with Crippen LogP contribution in [-0.4, -0.2) is 62.6 Å². The van der Waals surface area contributed by atoms with Crippen molar-refractivity contribution in [3.05, 3.63) is 81.8 Å². The zero-order valence-corrected chi connectivity index (χ0v) is 23.2. The number of carbonyl (C=O) groups excluding carboxylic acids is 3. The molecule has 0 aliphatic carbocycles. The Bertz CT molecular complexity index is 1300. The third-order valence-corrected chi connectivity index (χ3v) is 7.41. The predicted molar refractivity (Wildman–Crippen MR) is 148 cm³/mol. The average molecular weight is 570 g/mol. The number of halogens is 1. The second-order valence-corrected chi connectivity index (χ2v) is 10.2. The molecule has 2 N–H and O–H groups in total. The van der Waals surface area contributed by atoms with E-state index in [4.69, 9.17) is 14.2 Å². The van der Waals surface area contributed by atoms with Gasteiger partial charge in [-0.1, -0.05) is 24.3 Å². The second-order valence-electron chi connectivity index (χ2n) is 9.21. The van der Waals surface area contributed by atoms with E-state index < -0.39 is 29.6 Å². The van der Waals surface area contributed by atoms with Crippen LogP contribution in [0.1, 0.15) is 39.7 Å². The highest BCUT2D eigenvalue weighted by Gasteiger charge is 2.33. The van der Waals surface area contributed by atoms with E-state index in [-0.39, 0.29) is 25.7 Å². The molecule has 2 atom stereocenters. The van der Waals surface area contributed by atoms with Gasteiger partial charge in [0.25, 0.3) is 5.91 Å². The van der Waals surface area contributed by atoms with Crippen LogP contribution < -0.4 is 20.1 Å². The van der Waals surface area contributed by atoms with Gasteiger partial charge in [0.1, 0.15) is 11.9 Å². The molecule has 0 spiro atoms. The van der Waals surface area contributed by atoms with Crippen LogP contribution in [0, 0.1) is 5.82 Å². The summed E-state index contributed by atoms with van der Waals surface area (Å²) in [5.74, 6) is -0.892. The van der Waals surface area contributed by atoms with Gasteiger partial charge in [0.2, 0.25) is 11.8 Å². The van der Waals surface area contributed by atoms with E-state index in [2.05, 4.69) is 10.6 Å². The number of thiophene rings is 1. The van der Waals surface area contributed by atoms with Crippen molar-refractivity contribution in [2.45, 2.75) is 31.5 Å². The molecule has 1 aromatic heterocycles. The zero-order chi connectivity index (χ0) is 28.5. The van der Waals surface area contributed by atoms with Crippen LogP contribution in [0.5, 0.6) is 11.5 Å². The Morgan fingerprint density at radius 1 is 1.07 bits per heavy atom. The number of hydrogen-bond donors (Lipinski definition) is 2. The molecule has 0 unspecified atom stereocenters. The van der Waals surface area contributed by atoms with Gasteiger partial charge in [-0.2, -0.15) is 0 Å². The number of hydrogen-bond acceptors (Lipinski definition) is 7. The lowest BCUT2D eigenvalue weighted by atomic mass is 10.0. The molecule has 0 bridgehead atoms. The summed E-state index contributed by atoms with van der Waals surface area (Å²) in [6, 6.07) is 13.0. The highest BCUT2D eigenvalue weighted by atomic mass is 32.1. The number of carbonyl (C=O) groups is 3. The molecule has 1 saturated heterocycles. The molecular formula is C29H32FN3O6S. The van der Waals surface area contributed by atoms with E-state index in [1.165, 1.54) is 42.6 Å². The van der Waals surface area contributed by atoms with Crippen LogP contribution in [0.3, 0.4) is 0 Å². The largest absolute Gasteiger partial charge is 0.493 e. The second kappa shape index (κ2) is 13.9. The Morgan fingerprint density at radius 2 is 1.85 bits per heavy atom. The summed E-state index contributed by atoms with van der Waals surface area (Å²) in [5, 5.41) is 7.35. The molecule has 1 aliphatic heterocycles. The SMILES string of the molecule is COc1ccc([C@H](C(=O)NC[C@@H]2CCCO2)N(Cc2ccc(F)cc2)C(=O)CNC(=O)c2cccs2)cc1OC. The quantitative estimate of drug-likeness (QED) is 0.345. The molecule has 11 heteroatoms. The first-order valence-corrected chi connectivity index (χ1v) is 13.7. The minimum Gasteiger partial charge on any atom is -0.493 e. The van der Waals surface area contributed by atoms with Crippen LogP contribution in [0.4, 0.5) is 4.39 Å². The van der Waals surface area contributed by atoms with Gasteiger partial charge in [-0.25, -0.2) is 4.39 Å². The fourth-order valence-corrected chi connectivity index (χ4v) is 5.11. The van der Waals surface area contributed by atoms with Gasteiger partial charge in [-0.15, -0.1) is 11.3 Å². The maximum Gasteiger partial charge on any atom is 0.261 e. The van der Waals surface area contributed by atoms with Gasteiger partial charge in [-0.3, -0.25) is 14.4 Å². The fraction of sp³-hybridized carbons (Fsp3) is 0.345. The van der Waals surface area contributed by atoms with Gasteiger partial charge in [0.15, 0.2) is 11.5 Å². The average Bonchev–Trinajstić information content (AvgIpc) is 3.70. The van der Waals surface area contributed by atoms with Crippen LogP contribution >= 0.6 is 11.3 Å². The van der Waals surface area contributed by atoms with E-state index in [1.54, 1.807) is 47.8 Å². The van der Waals surface area contributed by atoms with Crippen molar-refractivity contribution in [3.8, 4) is 11.5 Å². The van der Waals surface area contributed by atoms with E-state index in [0.717, 1.165) is 12.8 Å². The van der Waals surface area contributed by atoms with Gasteiger partial charge < -0.3 is 29.7 Å². The molecule has 4 rings (SSSR count). The first kappa shape index (κ1) is 29.0. The van der Waals surface area contributed by atoms with Crippen molar-refractivity contribution in [2.75, 3.05) is 33.9 Å². The summed E-state index contributed by atoms with van der Waals surface area (Å²) in [7, 11) is 2.99. The summed E-state index contributed by atoms with van der Waals surface area (Å²) in [6.07, 6.45) is 1.63. The summed E-state index contributed by atoms with van der Waals surface area (Å²) in [6.45, 7) is 0.566. The Balaban J connectivity index is 1.67. The smallest absolute Gasteiger partial charge is 0.261 e. The Kier molecular flexibility index (Phi) is 10.1. The first-order valence-electron chi connectivity index (χ1n) is 12.9. The zero-order valence-electron chi connectivity index (χ0n) is 22.4. The standard InChI is InChI=1S/C29H32FN3O6S/c1-37-23-12-9-20(15-24(23)38-2)27(29(36)31-16-22-5-3-13-39-22)33(18-19-7-10-21(30)11-8-19)26(34)17-32-28(35)25-6-4-14-40-25/h4,6-12,14-15,22,27H,3,5,13,16-18H2,1-2H3,(H,31,36)(H,32,35)/t22-,27+/m0/s1. The summed E-state index contributed by atoms with van der Waals surface area (Å²) < 4.78 is 30.1. The maximum atomic E-state index is 13.8. The maximum absolute atomic E-state index is 13.8. The number of nitrogens with one attached hydrogen (secondary N) is 2. The number of amides is 3. The molecule has 3 amide bonds. The van der Waals surface area contributed by atoms with Crippen molar-refractivity contribution in [3.63, 3.8) is 0 Å². The molecule has 2 aromatic carbocycles. The molecule has 2 heterocycles. The summed E-state index contributed by atoms with van der Waals surface area (Å²) in [4.78, 5) is 41.9. The van der Waals surface area contributed by atoms with E-state index in [0.29, 0.717) is 34.1 Å². The number of methoxy groups -OCH3 is 2. The minimum absolute atomic E-state index is 0.0135. The Morgan fingerprint density at radius 3 is 2.50 bits per heavy atom. The molecule has 0 saturated carbocycles. The van der Waals surface area contributed by atoms with Crippen molar-refractivity contribution >= 4 is 29.1 Å². The Hall–Kier alpha value is -3.96. The van der Waals surface area contributed by atoms with Crippen LogP contribution in [0.25, 0.3) is 0 Å². The van der Waals surface area contributed by atoms with Gasteiger partial charge in [0, 0.05) is 19.7 Å². The monoisotopic (exact) mass is 569 g/mol. The Labute approximate surface area is 236 Å². The number of ether oxygens (including phenoxy) is 3. The van der Waals surface area contributed by atoms with E-state index in [9.17, 15) is 18.8 Å². The fourth-order valence-electron chi connectivity index (χ4n) is 4.47. The van der Waals surface area contributed by atoms with E-state index in [1.807, 2.05) is 0 Å². The predicted octanol–water partition coefficient (Wildman–Crippen LogP) is 3.70. The molecule has 1 fully saturated rings. The molecule has 3 aromatic rings. The number of benzene rings is 2. The topological polar surface area (TPSA) is 106 Å². The van der Waals surface area contributed by atoms with Crippen molar-refractivity contribution in [2.24, 2.45) is 0 Å². The highest BCUT2D eigenvalue weighted by Crippen LogP contribution is 2.33. The number of nitrogens with zero attached hydrogens (tertiary/aromatic N) is 1.